The van der Waals surface area contributed by atoms with Crippen LogP contribution in [0.15, 0.2) is 18.5 Å². The van der Waals surface area contributed by atoms with E-state index in [9.17, 15) is 4.79 Å². The lowest BCUT2D eigenvalue weighted by Crippen LogP contribution is -2.01. The molecule has 0 unspecified atom stereocenters. The van der Waals surface area contributed by atoms with Gasteiger partial charge in [0.25, 0.3) is 0 Å². The average molecular weight is 219 g/mol. The van der Waals surface area contributed by atoms with Crippen LogP contribution in [-0.2, 0) is 18.3 Å². The zero-order chi connectivity index (χ0) is 11.5. The van der Waals surface area contributed by atoms with Gasteiger partial charge in [0.1, 0.15) is 5.82 Å². The summed E-state index contributed by atoms with van der Waals surface area (Å²) in [6.45, 7) is 0. The van der Waals surface area contributed by atoms with Gasteiger partial charge in [-0.3, -0.25) is 9.78 Å². The highest BCUT2D eigenvalue weighted by atomic mass is 16.4. The predicted molar refractivity (Wildman–Crippen MR) is 59.1 cm³/mol. The molecule has 0 aliphatic carbocycles. The summed E-state index contributed by atoms with van der Waals surface area (Å²) in [5, 5.41) is 8.56. The lowest BCUT2D eigenvalue weighted by Gasteiger charge is -2.00. The van der Waals surface area contributed by atoms with Gasteiger partial charge in [-0.05, 0) is 12.5 Å². The van der Waals surface area contributed by atoms with Crippen LogP contribution in [0.3, 0.4) is 0 Å². The fourth-order valence-corrected chi connectivity index (χ4v) is 1.71. The minimum atomic E-state index is -0.763. The molecule has 0 fully saturated rings. The largest absolute Gasteiger partial charge is 0.481 e. The topological polar surface area (TPSA) is 68.0 Å². The number of carboxylic acid groups (broad SMARTS) is 1. The second-order valence-electron chi connectivity index (χ2n) is 3.70. The molecule has 2 aromatic rings. The summed E-state index contributed by atoms with van der Waals surface area (Å²) in [6, 6.07) is 1.86. The number of carbonyl (C=O) groups is 1. The smallest absolute Gasteiger partial charge is 0.303 e. The first-order chi connectivity index (χ1) is 7.68. The zero-order valence-corrected chi connectivity index (χ0v) is 9.05. The minimum Gasteiger partial charge on any atom is -0.481 e. The highest BCUT2D eigenvalue weighted by Gasteiger charge is 2.07. The molecule has 0 bridgehead atoms. The highest BCUT2D eigenvalue weighted by molar-refractivity contribution is 5.74. The summed E-state index contributed by atoms with van der Waals surface area (Å²) < 4.78 is 1.96. The second-order valence-corrected chi connectivity index (χ2v) is 3.70. The van der Waals surface area contributed by atoms with Gasteiger partial charge in [0.15, 0.2) is 0 Å². The Morgan fingerprint density at radius 2 is 2.38 bits per heavy atom. The molecule has 0 amide bonds. The van der Waals surface area contributed by atoms with Crippen LogP contribution in [0.25, 0.3) is 11.0 Å². The van der Waals surface area contributed by atoms with Gasteiger partial charge in [-0.1, -0.05) is 0 Å². The van der Waals surface area contributed by atoms with Gasteiger partial charge < -0.3 is 9.67 Å². The number of nitrogens with zero attached hydrogens (tertiary/aromatic N) is 3. The van der Waals surface area contributed by atoms with Gasteiger partial charge in [-0.15, -0.1) is 0 Å². The molecular weight excluding hydrogens is 206 g/mol. The maximum Gasteiger partial charge on any atom is 0.303 e. The van der Waals surface area contributed by atoms with Crippen molar-refractivity contribution in [3.8, 4) is 0 Å². The van der Waals surface area contributed by atoms with E-state index in [2.05, 4.69) is 9.97 Å². The lowest BCUT2D eigenvalue weighted by molar-refractivity contribution is -0.137. The molecular formula is C11H13N3O2. The number of imidazole rings is 1. The molecule has 0 aliphatic rings. The van der Waals surface area contributed by atoms with Gasteiger partial charge in [0, 0.05) is 26.1 Å². The fraction of sp³-hybridized carbons (Fsp3) is 0.364. The molecule has 0 radical (unpaired) electrons. The van der Waals surface area contributed by atoms with Crippen molar-refractivity contribution >= 4 is 17.0 Å². The Morgan fingerprint density at radius 3 is 3.06 bits per heavy atom. The van der Waals surface area contributed by atoms with Gasteiger partial charge in [0.05, 0.1) is 17.2 Å². The molecule has 0 saturated carbocycles. The molecule has 5 nitrogen and oxygen atoms in total. The number of rotatable bonds is 4. The Morgan fingerprint density at radius 1 is 1.56 bits per heavy atom. The van der Waals surface area contributed by atoms with Crippen LogP contribution in [0.1, 0.15) is 18.7 Å². The molecule has 2 rings (SSSR count). The van der Waals surface area contributed by atoms with E-state index in [4.69, 9.17) is 5.11 Å². The molecule has 0 aromatic carbocycles. The van der Waals surface area contributed by atoms with Crippen molar-refractivity contribution in [2.45, 2.75) is 19.3 Å². The van der Waals surface area contributed by atoms with Crippen LogP contribution in [0.2, 0.25) is 0 Å². The first-order valence-electron chi connectivity index (χ1n) is 5.15. The second kappa shape index (κ2) is 4.30. The maximum absolute atomic E-state index is 10.4. The van der Waals surface area contributed by atoms with Gasteiger partial charge in [0.2, 0.25) is 0 Å². The summed E-state index contributed by atoms with van der Waals surface area (Å²) in [5.74, 6) is 0.143. The van der Waals surface area contributed by atoms with E-state index in [1.807, 2.05) is 17.7 Å². The Labute approximate surface area is 92.8 Å². The number of carboxylic acids is 1. The van der Waals surface area contributed by atoms with Crippen molar-refractivity contribution in [2.75, 3.05) is 0 Å². The van der Waals surface area contributed by atoms with Gasteiger partial charge in [-0.25, -0.2) is 4.98 Å². The van der Waals surface area contributed by atoms with Crippen molar-refractivity contribution in [2.24, 2.45) is 7.05 Å². The summed E-state index contributed by atoms with van der Waals surface area (Å²) in [4.78, 5) is 18.9. The summed E-state index contributed by atoms with van der Waals surface area (Å²) >= 11 is 0. The summed E-state index contributed by atoms with van der Waals surface area (Å²) in [6.07, 6.45) is 4.94. The zero-order valence-electron chi connectivity index (χ0n) is 9.05. The third kappa shape index (κ3) is 2.03. The van der Waals surface area contributed by atoms with E-state index >= 15 is 0 Å². The number of aryl methyl sites for hydroxylation is 2. The van der Waals surface area contributed by atoms with E-state index in [-0.39, 0.29) is 6.42 Å². The Hall–Kier alpha value is -1.91. The number of fused-ring (bicyclic) bond motifs is 1. The van der Waals surface area contributed by atoms with Gasteiger partial charge >= 0.3 is 5.97 Å². The number of hydrogen-bond donors (Lipinski definition) is 1. The Bertz CT molecular complexity index is 519. The van der Waals surface area contributed by atoms with Crippen molar-refractivity contribution < 1.29 is 9.90 Å². The van der Waals surface area contributed by atoms with E-state index in [1.165, 1.54) is 0 Å². The van der Waals surface area contributed by atoms with Crippen molar-refractivity contribution in [3.63, 3.8) is 0 Å². The Balaban J connectivity index is 2.18. The molecule has 0 saturated heterocycles. The standard InChI is InChI=1S/C11H13N3O2/c1-14-9-7-12-6-5-8(9)13-10(14)3-2-4-11(15)16/h5-7H,2-4H2,1H3,(H,15,16). The third-order valence-electron chi connectivity index (χ3n) is 2.57. The van der Waals surface area contributed by atoms with Gasteiger partial charge in [-0.2, -0.15) is 0 Å². The van der Waals surface area contributed by atoms with Crippen molar-refractivity contribution in [1.82, 2.24) is 14.5 Å². The molecule has 84 valence electrons. The van der Waals surface area contributed by atoms with E-state index in [0.717, 1.165) is 16.9 Å². The van der Waals surface area contributed by atoms with Crippen LogP contribution in [-0.4, -0.2) is 25.6 Å². The van der Waals surface area contributed by atoms with E-state index < -0.39 is 5.97 Å². The van der Waals surface area contributed by atoms with Crippen LogP contribution in [0.5, 0.6) is 0 Å². The Kier molecular flexibility index (Phi) is 2.85. The summed E-state index contributed by atoms with van der Waals surface area (Å²) in [7, 11) is 1.92. The van der Waals surface area contributed by atoms with Crippen LogP contribution < -0.4 is 0 Å². The molecule has 5 heteroatoms. The molecule has 0 spiro atoms. The number of aliphatic carboxylic acids is 1. The summed E-state index contributed by atoms with van der Waals surface area (Å²) in [5.41, 5.74) is 1.88. The minimum absolute atomic E-state index is 0.182. The molecule has 0 atom stereocenters. The van der Waals surface area contributed by atoms with Crippen LogP contribution in [0, 0.1) is 0 Å². The number of pyridine rings is 1. The first kappa shape index (κ1) is 10.6. The van der Waals surface area contributed by atoms with Crippen LogP contribution in [0.4, 0.5) is 0 Å². The van der Waals surface area contributed by atoms with Crippen LogP contribution >= 0.6 is 0 Å². The monoisotopic (exact) mass is 219 g/mol. The molecule has 0 aliphatic heterocycles. The number of hydrogen-bond acceptors (Lipinski definition) is 3. The SMILES string of the molecule is Cn1c(CCCC(=O)O)nc2ccncc21. The molecule has 1 N–H and O–H groups in total. The third-order valence-corrected chi connectivity index (χ3v) is 2.57. The fourth-order valence-electron chi connectivity index (χ4n) is 1.71. The quantitative estimate of drug-likeness (QED) is 0.843. The van der Waals surface area contributed by atoms with Crippen molar-refractivity contribution in [3.05, 3.63) is 24.3 Å². The average Bonchev–Trinajstić information content (AvgIpc) is 2.56. The van der Waals surface area contributed by atoms with Crippen molar-refractivity contribution in [1.29, 1.82) is 0 Å². The molecule has 2 aromatic heterocycles. The maximum atomic E-state index is 10.4. The highest BCUT2D eigenvalue weighted by Crippen LogP contribution is 2.14. The first-order valence-corrected chi connectivity index (χ1v) is 5.15. The van der Waals surface area contributed by atoms with E-state index in [1.54, 1.807) is 12.4 Å². The molecule has 2 heterocycles. The molecule has 16 heavy (non-hydrogen) atoms. The predicted octanol–water partition coefficient (Wildman–Crippen LogP) is 1.38. The lowest BCUT2D eigenvalue weighted by atomic mass is 10.2. The normalized spacial score (nSPS) is 10.8. The van der Waals surface area contributed by atoms with E-state index in [0.29, 0.717) is 12.8 Å². The number of aromatic nitrogens is 3.